The number of nitrogens with zero attached hydrogens (tertiary/aromatic N) is 2. The summed E-state index contributed by atoms with van der Waals surface area (Å²) in [5, 5.41) is 0. The van der Waals surface area contributed by atoms with Gasteiger partial charge in [0.2, 0.25) is 0 Å². The van der Waals surface area contributed by atoms with E-state index in [9.17, 15) is 0 Å². The summed E-state index contributed by atoms with van der Waals surface area (Å²) < 4.78 is 25.4. The Morgan fingerprint density at radius 1 is 0.320 bits per heavy atom. The maximum atomic E-state index is 6.36. The van der Waals surface area contributed by atoms with Crippen LogP contribution in [0.2, 0.25) is 0 Å². The average Bonchev–Trinajstić information content (AvgIpc) is 3.46. The summed E-state index contributed by atoms with van der Waals surface area (Å²) in [4.78, 5) is 4.54. The van der Waals surface area contributed by atoms with E-state index in [0.29, 0.717) is 0 Å². The molecule has 254 valence electrons. The van der Waals surface area contributed by atoms with Crippen LogP contribution in [0.25, 0.3) is 0 Å². The Kier molecular flexibility index (Phi) is 8.72. The summed E-state index contributed by atoms with van der Waals surface area (Å²) in [6.07, 6.45) is 0. The summed E-state index contributed by atoms with van der Waals surface area (Å²) in [6.45, 7) is 16.6. The third-order valence-corrected chi connectivity index (χ3v) is 10.7. The maximum absolute atomic E-state index is 6.36. The van der Waals surface area contributed by atoms with Crippen molar-refractivity contribution in [2.45, 2.75) is 77.8 Å². The molecule has 2 fully saturated rings. The standard InChI is InChI=1S/C42H46B2N2O4/c1-39(2)40(3,4)48-43(47-39)31-19-23-35(24-20-31)46(36-25-21-32(22-26-36)44-49-41(5,6)42(7,8)50-44)38-29-27-37(28-30-38)45(33-15-11-9-12-16-33)34-17-13-10-14-18-34/h9-30H,1-8H3. The molecule has 0 aromatic heterocycles. The summed E-state index contributed by atoms with van der Waals surface area (Å²) in [7, 11) is -0.856. The highest BCUT2D eigenvalue weighted by atomic mass is 16.7. The van der Waals surface area contributed by atoms with Crippen molar-refractivity contribution >= 4 is 59.3 Å². The fraction of sp³-hybridized carbons (Fsp3) is 0.286. The lowest BCUT2D eigenvalue weighted by atomic mass is 9.79. The van der Waals surface area contributed by atoms with Gasteiger partial charge in [0.1, 0.15) is 0 Å². The topological polar surface area (TPSA) is 43.4 Å². The third-order valence-electron chi connectivity index (χ3n) is 10.7. The van der Waals surface area contributed by atoms with Gasteiger partial charge >= 0.3 is 14.2 Å². The van der Waals surface area contributed by atoms with Crippen molar-refractivity contribution in [1.82, 2.24) is 0 Å². The largest absolute Gasteiger partial charge is 0.494 e. The molecule has 0 radical (unpaired) electrons. The second kappa shape index (κ2) is 12.8. The quantitative estimate of drug-likeness (QED) is 0.154. The lowest BCUT2D eigenvalue weighted by Gasteiger charge is -2.32. The van der Waals surface area contributed by atoms with Crippen LogP contribution < -0.4 is 20.7 Å². The monoisotopic (exact) mass is 664 g/mol. The van der Waals surface area contributed by atoms with Gasteiger partial charge in [-0.15, -0.1) is 0 Å². The lowest BCUT2D eigenvalue weighted by Crippen LogP contribution is -2.41. The molecule has 7 rings (SSSR count). The van der Waals surface area contributed by atoms with Gasteiger partial charge in [0.25, 0.3) is 0 Å². The molecule has 8 heteroatoms. The number of anilines is 6. The first kappa shape index (κ1) is 34.1. The van der Waals surface area contributed by atoms with Crippen LogP contribution in [-0.4, -0.2) is 36.6 Å². The van der Waals surface area contributed by atoms with Gasteiger partial charge in [0.15, 0.2) is 0 Å². The van der Waals surface area contributed by atoms with Gasteiger partial charge in [0.05, 0.1) is 22.4 Å². The fourth-order valence-electron chi connectivity index (χ4n) is 6.32. The van der Waals surface area contributed by atoms with E-state index in [0.717, 1.165) is 45.0 Å². The Morgan fingerprint density at radius 3 is 0.800 bits per heavy atom. The van der Waals surface area contributed by atoms with Crippen LogP contribution in [0, 0.1) is 0 Å². The van der Waals surface area contributed by atoms with E-state index >= 15 is 0 Å². The predicted molar refractivity (Wildman–Crippen MR) is 207 cm³/mol. The minimum absolute atomic E-state index is 0.406. The number of benzene rings is 5. The molecule has 5 aromatic carbocycles. The maximum Gasteiger partial charge on any atom is 0.494 e. The summed E-state index contributed by atoms with van der Waals surface area (Å²) in [5.74, 6) is 0. The molecule has 2 heterocycles. The van der Waals surface area contributed by atoms with E-state index in [-0.39, 0.29) is 0 Å². The van der Waals surface area contributed by atoms with Crippen molar-refractivity contribution in [1.29, 1.82) is 0 Å². The Morgan fingerprint density at radius 2 is 0.540 bits per heavy atom. The minimum Gasteiger partial charge on any atom is -0.399 e. The Balaban J connectivity index is 1.24. The summed E-state index contributed by atoms with van der Waals surface area (Å²) in [6, 6.07) is 46.6. The van der Waals surface area contributed by atoms with E-state index in [1.807, 2.05) is 12.1 Å². The Hall–Kier alpha value is -4.33. The fourth-order valence-corrected chi connectivity index (χ4v) is 6.32. The van der Waals surface area contributed by atoms with Crippen molar-refractivity contribution in [2.24, 2.45) is 0 Å². The second-order valence-electron chi connectivity index (χ2n) is 15.2. The molecule has 0 amide bonds. The van der Waals surface area contributed by atoms with Crippen LogP contribution in [0.3, 0.4) is 0 Å². The first-order chi connectivity index (χ1) is 23.7. The second-order valence-corrected chi connectivity index (χ2v) is 15.2. The molecular weight excluding hydrogens is 618 g/mol. The van der Waals surface area contributed by atoms with Gasteiger partial charge in [-0.1, -0.05) is 60.7 Å². The first-order valence-corrected chi connectivity index (χ1v) is 17.5. The van der Waals surface area contributed by atoms with Gasteiger partial charge < -0.3 is 28.4 Å². The molecule has 0 bridgehead atoms. The molecule has 0 atom stereocenters. The molecule has 0 N–H and O–H groups in total. The number of rotatable bonds is 8. The predicted octanol–water partition coefficient (Wildman–Crippen LogP) is 9.22. The van der Waals surface area contributed by atoms with E-state index in [1.165, 1.54) is 0 Å². The van der Waals surface area contributed by atoms with Gasteiger partial charge in [-0.25, -0.2) is 0 Å². The minimum atomic E-state index is -0.428. The van der Waals surface area contributed by atoms with Crippen LogP contribution in [0.4, 0.5) is 34.1 Å². The highest BCUT2D eigenvalue weighted by Gasteiger charge is 2.52. The zero-order valence-electron chi connectivity index (χ0n) is 30.4. The highest BCUT2D eigenvalue weighted by molar-refractivity contribution is 6.62. The molecule has 0 aliphatic carbocycles. The molecule has 2 aliphatic rings. The van der Waals surface area contributed by atoms with Crippen LogP contribution in [0.15, 0.2) is 133 Å². The number of para-hydroxylation sites is 2. The smallest absolute Gasteiger partial charge is 0.399 e. The average molecular weight is 664 g/mol. The molecular formula is C42H46B2N2O4. The van der Waals surface area contributed by atoms with Gasteiger partial charge in [-0.05, 0) is 139 Å². The van der Waals surface area contributed by atoms with Crippen molar-refractivity contribution in [3.8, 4) is 0 Å². The zero-order valence-corrected chi connectivity index (χ0v) is 30.4. The van der Waals surface area contributed by atoms with Crippen molar-refractivity contribution in [2.75, 3.05) is 9.80 Å². The molecule has 0 spiro atoms. The normalized spacial score (nSPS) is 18.6. The summed E-state index contributed by atoms with van der Waals surface area (Å²) >= 11 is 0. The van der Waals surface area contributed by atoms with E-state index in [4.69, 9.17) is 18.6 Å². The zero-order chi connectivity index (χ0) is 35.3. The number of hydrogen-bond donors (Lipinski definition) is 0. The van der Waals surface area contributed by atoms with E-state index in [2.05, 4.69) is 187 Å². The van der Waals surface area contributed by atoms with Gasteiger partial charge in [-0.2, -0.15) is 0 Å². The molecule has 0 unspecified atom stereocenters. The molecule has 6 nitrogen and oxygen atoms in total. The van der Waals surface area contributed by atoms with Gasteiger partial charge in [0, 0.05) is 34.1 Å². The lowest BCUT2D eigenvalue weighted by molar-refractivity contribution is 0.00578. The van der Waals surface area contributed by atoms with Crippen LogP contribution in [-0.2, 0) is 18.6 Å². The Bertz CT molecular complexity index is 1760. The molecule has 50 heavy (non-hydrogen) atoms. The third kappa shape index (κ3) is 6.38. The van der Waals surface area contributed by atoms with Crippen molar-refractivity contribution < 1.29 is 18.6 Å². The van der Waals surface area contributed by atoms with Crippen LogP contribution in [0.5, 0.6) is 0 Å². The van der Waals surface area contributed by atoms with Crippen LogP contribution in [0.1, 0.15) is 55.4 Å². The first-order valence-electron chi connectivity index (χ1n) is 17.5. The van der Waals surface area contributed by atoms with Crippen molar-refractivity contribution in [3.63, 3.8) is 0 Å². The highest BCUT2D eigenvalue weighted by Crippen LogP contribution is 2.41. The van der Waals surface area contributed by atoms with Crippen LogP contribution >= 0.6 is 0 Å². The molecule has 5 aromatic rings. The molecule has 2 saturated heterocycles. The van der Waals surface area contributed by atoms with E-state index < -0.39 is 36.6 Å². The van der Waals surface area contributed by atoms with E-state index in [1.54, 1.807) is 0 Å². The molecule has 0 saturated carbocycles. The molecule has 2 aliphatic heterocycles. The Labute approximate surface area is 298 Å². The SMILES string of the molecule is CC1(C)OB(c2ccc(N(c3ccc(B4OC(C)(C)C(C)(C)O4)cc3)c3ccc(N(c4ccccc4)c4ccccc4)cc3)cc2)OC1(C)C. The number of hydrogen-bond acceptors (Lipinski definition) is 6. The van der Waals surface area contributed by atoms with Crippen molar-refractivity contribution in [3.05, 3.63) is 133 Å². The van der Waals surface area contributed by atoms with Gasteiger partial charge in [-0.3, -0.25) is 0 Å². The summed E-state index contributed by atoms with van der Waals surface area (Å²) in [5.41, 5.74) is 6.67.